The van der Waals surface area contributed by atoms with E-state index in [1.165, 1.54) is 0 Å². The average Bonchev–Trinajstić information content (AvgIpc) is 2.95. The van der Waals surface area contributed by atoms with Gasteiger partial charge in [-0.25, -0.2) is 0 Å². The first-order valence-corrected chi connectivity index (χ1v) is 8.38. The predicted octanol–water partition coefficient (Wildman–Crippen LogP) is 1.28. The molecule has 23 heavy (non-hydrogen) atoms. The summed E-state index contributed by atoms with van der Waals surface area (Å²) in [6.07, 6.45) is 3.69. The van der Waals surface area contributed by atoms with Gasteiger partial charge in [-0.15, -0.1) is 0 Å². The Morgan fingerprint density at radius 1 is 1.43 bits per heavy atom. The quantitative estimate of drug-likeness (QED) is 0.912. The number of hydrogen-bond donors (Lipinski definition) is 1. The molecule has 0 aromatic carbocycles. The van der Waals surface area contributed by atoms with Crippen LogP contribution in [-0.2, 0) is 4.79 Å². The fourth-order valence-electron chi connectivity index (χ4n) is 3.62. The summed E-state index contributed by atoms with van der Waals surface area (Å²) >= 11 is 0. The molecule has 2 amide bonds. The molecular weight excluding hydrogens is 292 g/mol. The molecule has 1 N–H and O–H groups in total. The lowest BCUT2D eigenvalue weighted by Crippen LogP contribution is -2.47. The monoisotopic (exact) mass is 316 g/mol. The van der Waals surface area contributed by atoms with Crippen LogP contribution in [0.1, 0.15) is 37.2 Å². The molecule has 6 nitrogen and oxygen atoms in total. The molecule has 2 fully saturated rings. The van der Waals surface area contributed by atoms with Crippen molar-refractivity contribution in [3.05, 3.63) is 24.0 Å². The Morgan fingerprint density at radius 3 is 3.00 bits per heavy atom. The molecule has 2 saturated heterocycles. The van der Waals surface area contributed by atoms with Crippen molar-refractivity contribution < 1.29 is 9.59 Å². The Labute approximate surface area is 136 Å². The molecule has 6 heteroatoms. The highest BCUT2D eigenvalue weighted by Crippen LogP contribution is 2.28. The van der Waals surface area contributed by atoms with Gasteiger partial charge in [0.1, 0.15) is 5.69 Å². The summed E-state index contributed by atoms with van der Waals surface area (Å²) in [5.74, 6) is 0.558. The third-order valence-electron chi connectivity index (χ3n) is 4.93. The van der Waals surface area contributed by atoms with Gasteiger partial charge in [0.05, 0.1) is 6.54 Å². The minimum atomic E-state index is 0.00418. The second-order valence-electron chi connectivity index (χ2n) is 6.41. The molecule has 1 aromatic heterocycles. The van der Waals surface area contributed by atoms with E-state index in [9.17, 15) is 9.59 Å². The van der Waals surface area contributed by atoms with Crippen LogP contribution in [-0.4, -0.2) is 53.9 Å². The van der Waals surface area contributed by atoms with E-state index >= 15 is 0 Å². The maximum atomic E-state index is 12.8. The highest BCUT2D eigenvalue weighted by Gasteiger charge is 2.34. The molecule has 2 aliphatic rings. The van der Waals surface area contributed by atoms with E-state index in [4.69, 9.17) is 0 Å². The van der Waals surface area contributed by atoms with Gasteiger partial charge in [0, 0.05) is 37.6 Å². The second-order valence-corrected chi connectivity index (χ2v) is 6.41. The topological polar surface area (TPSA) is 65.5 Å². The first kappa shape index (κ1) is 15.8. The molecule has 0 radical (unpaired) electrons. The van der Waals surface area contributed by atoms with Crippen molar-refractivity contribution in [1.29, 1.82) is 0 Å². The summed E-state index contributed by atoms with van der Waals surface area (Å²) in [5, 5.41) is 2.81. The summed E-state index contributed by atoms with van der Waals surface area (Å²) in [7, 11) is 0. The molecule has 3 rings (SSSR count). The van der Waals surface area contributed by atoms with Crippen LogP contribution in [0.15, 0.2) is 18.3 Å². The molecule has 124 valence electrons. The summed E-state index contributed by atoms with van der Waals surface area (Å²) in [4.78, 5) is 32.6. The largest absolute Gasteiger partial charge is 0.360 e. The molecule has 0 aliphatic carbocycles. The van der Waals surface area contributed by atoms with E-state index in [0.29, 0.717) is 30.7 Å². The number of carbonyl (C=O) groups is 2. The van der Waals surface area contributed by atoms with Gasteiger partial charge in [0.2, 0.25) is 5.91 Å². The van der Waals surface area contributed by atoms with E-state index in [0.717, 1.165) is 31.6 Å². The van der Waals surface area contributed by atoms with Gasteiger partial charge in [0.15, 0.2) is 0 Å². The third-order valence-corrected chi connectivity index (χ3v) is 4.93. The maximum Gasteiger partial charge on any atom is 0.272 e. The summed E-state index contributed by atoms with van der Waals surface area (Å²) in [6.45, 7) is 6.85. The summed E-state index contributed by atoms with van der Waals surface area (Å²) in [6, 6.07) is 3.98. The Morgan fingerprint density at radius 2 is 2.26 bits per heavy atom. The zero-order valence-electron chi connectivity index (χ0n) is 13.8. The van der Waals surface area contributed by atoms with Gasteiger partial charge in [-0.3, -0.25) is 14.6 Å². The Hall–Kier alpha value is -2.11. The molecule has 0 bridgehead atoms. The number of amides is 2. The van der Waals surface area contributed by atoms with Crippen molar-refractivity contribution in [3.63, 3.8) is 0 Å². The number of aromatic nitrogens is 1. The minimum Gasteiger partial charge on any atom is -0.360 e. The predicted molar refractivity (Wildman–Crippen MR) is 88.4 cm³/mol. The zero-order chi connectivity index (χ0) is 16.4. The highest BCUT2D eigenvalue weighted by molar-refractivity contribution is 5.94. The van der Waals surface area contributed by atoms with Crippen molar-refractivity contribution in [2.45, 2.75) is 32.7 Å². The Kier molecular flexibility index (Phi) is 4.50. The first-order valence-electron chi connectivity index (χ1n) is 8.38. The van der Waals surface area contributed by atoms with E-state index in [2.05, 4.69) is 24.1 Å². The van der Waals surface area contributed by atoms with Crippen LogP contribution >= 0.6 is 0 Å². The number of anilines is 1. The third kappa shape index (κ3) is 3.16. The van der Waals surface area contributed by atoms with E-state index < -0.39 is 0 Å². The fraction of sp³-hybridized carbons (Fsp3) is 0.588. The molecule has 1 aromatic rings. The number of piperazine rings is 1. The number of rotatable bonds is 3. The van der Waals surface area contributed by atoms with Crippen molar-refractivity contribution >= 4 is 17.5 Å². The molecular formula is C17H24N4O2. The molecule has 2 atom stereocenters. The first-order chi connectivity index (χ1) is 11.1. The van der Waals surface area contributed by atoms with Crippen molar-refractivity contribution in [2.75, 3.05) is 31.1 Å². The number of pyridine rings is 1. The smallest absolute Gasteiger partial charge is 0.272 e. The van der Waals surface area contributed by atoms with E-state index in [-0.39, 0.29) is 11.8 Å². The minimum absolute atomic E-state index is 0.00418. The van der Waals surface area contributed by atoms with Crippen LogP contribution in [0.2, 0.25) is 0 Å². The maximum absolute atomic E-state index is 12.8. The number of carbonyl (C=O) groups excluding carboxylic acids is 2. The lowest BCUT2D eigenvalue weighted by atomic mass is 10.0. The van der Waals surface area contributed by atoms with Gasteiger partial charge in [-0.2, -0.15) is 0 Å². The van der Waals surface area contributed by atoms with Crippen LogP contribution < -0.4 is 10.2 Å². The average molecular weight is 316 g/mol. The SMILES string of the molecule is CC[C@@H]1[C@@H](C)CCN1C(=O)c1cc(N2CCNC(=O)C2)ccn1. The van der Waals surface area contributed by atoms with Crippen molar-refractivity contribution in [1.82, 2.24) is 15.2 Å². The van der Waals surface area contributed by atoms with Gasteiger partial charge >= 0.3 is 0 Å². The highest BCUT2D eigenvalue weighted by atomic mass is 16.2. The molecule has 0 saturated carbocycles. The summed E-state index contributed by atoms with van der Waals surface area (Å²) in [5.41, 5.74) is 1.36. The Balaban J connectivity index is 1.79. The number of nitrogens with zero attached hydrogens (tertiary/aromatic N) is 3. The van der Waals surface area contributed by atoms with Crippen LogP contribution in [0, 0.1) is 5.92 Å². The number of hydrogen-bond acceptors (Lipinski definition) is 4. The van der Waals surface area contributed by atoms with Gasteiger partial charge in [0.25, 0.3) is 5.91 Å². The van der Waals surface area contributed by atoms with Crippen LogP contribution in [0.5, 0.6) is 0 Å². The lowest BCUT2D eigenvalue weighted by Gasteiger charge is -2.29. The number of likely N-dealkylation sites (tertiary alicyclic amines) is 1. The lowest BCUT2D eigenvalue weighted by molar-refractivity contribution is -0.120. The number of nitrogens with one attached hydrogen (secondary N) is 1. The van der Waals surface area contributed by atoms with Gasteiger partial charge in [-0.1, -0.05) is 13.8 Å². The van der Waals surface area contributed by atoms with Crippen LogP contribution in [0.25, 0.3) is 0 Å². The van der Waals surface area contributed by atoms with Gasteiger partial charge < -0.3 is 15.1 Å². The van der Waals surface area contributed by atoms with E-state index in [1.807, 2.05) is 21.9 Å². The molecule has 3 heterocycles. The summed E-state index contributed by atoms with van der Waals surface area (Å²) < 4.78 is 0. The molecule has 0 unspecified atom stereocenters. The van der Waals surface area contributed by atoms with Crippen molar-refractivity contribution in [3.8, 4) is 0 Å². The zero-order valence-corrected chi connectivity index (χ0v) is 13.8. The van der Waals surface area contributed by atoms with Crippen molar-refractivity contribution in [2.24, 2.45) is 5.92 Å². The van der Waals surface area contributed by atoms with Gasteiger partial charge in [-0.05, 0) is 30.9 Å². The molecule has 2 aliphatic heterocycles. The van der Waals surface area contributed by atoms with E-state index in [1.54, 1.807) is 6.20 Å². The van der Waals surface area contributed by atoms with Crippen LogP contribution in [0.4, 0.5) is 5.69 Å². The standard InChI is InChI=1S/C17H24N4O2/c1-3-15-12(2)5-8-21(15)17(23)14-10-13(4-6-18-14)20-9-7-19-16(22)11-20/h4,6,10,12,15H,3,5,7-9,11H2,1-2H3,(H,19,22)/t12-,15+/m0/s1. The second kappa shape index (κ2) is 6.56. The fourth-order valence-corrected chi connectivity index (χ4v) is 3.62. The normalized spacial score (nSPS) is 24.7. The van der Waals surface area contributed by atoms with Crippen LogP contribution in [0.3, 0.4) is 0 Å². The molecule has 0 spiro atoms. The Bertz CT molecular complexity index is 604.